The van der Waals surface area contributed by atoms with Crippen LogP contribution in [0.5, 0.6) is 0 Å². The van der Waals surface area contributed by atoms with Gasteiger partial charge in [0.1, 0.15) is 5.69 Å². The van der Waals surface area contributed by atoms with E-state index >= 15 is 0 Å². The van der Waals surface area contributed by atoms with E-state index in [-0.39, 0.29) is 5.84 Å². The molecule has 6 nitrogen and oxygen atoms in total. The smallest absolute Gasteiger partial charge is 0.188 e. The highest BCUT2D eigenvalue weighted by molar-refractivity contribution is 7.99. The Balaban J connectivity index is 2.54. The number of hydrogen-bond acceptors (Lipinski definition) is 6. The van der Waals surface area contributed by atoms with E-state index in [1.54, 1.807) is 19.4 Å². The fraction of sp³-hybridized carbons (Fsp3) is 0.444. The maximum Gasteiger partial charge on any atom is 0.188 e. The van der Waals surface area contributed by atoms with Crippen LogP contribution in [0.3, 0.4) is 0 Å². The number of aromatic nitrogens is 2. The van der Waals surface area contributed by atoms with E-state index in [0.29, 0.717) is 17.5 Å². The van der Waals surface area contributed by atoms with Gasteiger partial charge < -0.3 is 15.7 Å². The average Bonchev–Trinajstić information content (AvgIpc) is 2.34. The van der Waals surface area contributed by atoms with Crippen LogP contribution in [0.25, 0.3) is 0 Å². The van der Waals surface area contributed by atoms with Crippen molar-refractivity contribution in [1.29, 1.82) is 0 Å². The molecule has 0 spiro atoms. The monoisotopic (exact) mass is 242 g/mol. The highest BCUT2D eigenvalue weighted by Gasteiger charge is 2.03. The van der Waals surface area contributed by atoms with Gasteiger partial charge in [-0.1, -0.05) is 16.9 Å². The Morgan fingerprint density at radius 3 is 3.19 bits per heavy atom. The Morgan fingerprint density at radius 2 is 2.50 bits per heavy atom. The summed E-state index contributed by atoms with van der Waals surface area (Å²) in [7, 11) is 1.67. The van der Waals surface area contributed by atoms with Crippen LogP contribution in [0, 0.1) is 0 Å². The van der Waals surface area contributed by atoms with E-state index in [1.165, 1.54) is 11.8 Å². The molecule has 0 atom stereocenters. The SMILES string of the molecule is COCCCSc1nccc(/C(N)=N/O)n1. The first kappa shape index (κ1) is 12.7. The minimum atomic E-state index is -0.0128. The van der Waals surface area contributed by atoms with E-state index in [4.69, 9.17) is 15.7 Å². The van der Waals surface area contributed by atoms with E-state index in [0.717, 1.165) is 12.2 Å². The van der Waals surface area contributed by atoms with Crippen molar-refractivity contribution in [2.75, 3.05) is 19.5 Å². The molecular formula is C9H14N4O2S. The van der Waals surface area contributed by atoms with Crippen molar-refractivity contribution in [3.63, 3.8) is 0 Å². The summed E-state index contributed by atoms with van der Waals surface area (Å²) in [5.41, 5.74) is 5.84. The van der Waals surface area contributed by atoms with E-state index in [9.17, 15) is 0 Å². The minimum Gasteiger partial charge on any atom is -0.409 e. The van der Waals surface area contributed by atoms with Crippen molar-refractivity contribution in [1.82, 2.24) is 9.97 Å². The summed E-state index contributed by atoms with van der Waals surface area (Å²) in [6, 6.07) is 1.59. The van der Waals surface area contributed by atoms with E-state index in [2.05, 4.69) is 15.1 Å². The molecule has 0 unspecified atom stereocenters. The molecule has 7 heteroatoms. The number of rotatable bonds is 6. The lowest BCUT2D eigenvalue weighted by atomic mass is 10.4. The molecule has 0 radical (unpaired) electrons. The summed E-state index contributed by atoms with van der Waals surface area (Å²) in [5, 5.41) is 12.0. The first-order valence-electron chi connectivity index (χ1n) is 4.70. The summed E-state index contributed by atoms with van der Waals surface area (Å²) in [6.07, 6.45) is 2.51. The van der Waals surface area contributed by atoms with Gasteiger partial charge in [0.05, 0.1) is 0 Å². The third-order valence-electron chi connectivity index (χ3n) is 1.73. The van der Waals surface area contributed by atoms with Gasteiger partial charge in [-0.15, -0.1) is 0 Å². The van der Waals surface area contributed by atoms with Crippen molar-refractivity contribution in [2.45, 2.75) is 11.6 Å². The molecule has 0 aromatic carbocycles. The lowest BCUT2D eigenvalue weighted by Crippen LogP contribution is -2.15. The standard InChI is InChI=1S/C9H14N4O2S/c1-15-5-2-6-16-9-11-4-3-7(12-9)8(10)13-14/h3-4,14H,2,5-6H2,1H3,(H2,10,13). The second-order valence-electron chi connectivity index (χ2n) is 2.90. The molecule has 1 aromatic rings. The van der Waals surface area contributed by atoms with Crippen molar-refractivity contribution in [3.05, 3.63) is 18.0 Å². The number of nitrogens with two attached hydrogens (primary N) is 1. The number of oxime groups is 1. The van der Waals surface area contributed by atoms with E-state index in [1.807, 2.05) is 0 Å². The fourth-order valence-electron chi connectivity index (χ4n) is 0.971. The van der Waals surface area contributed by atoms with Crippen LogP contribution in [0.15, 0.2) is 22.6 Å². The second-order valence-corrected chi connectivity index (χ2v) is 3.97. The van der Waals surface area contributed by atoms with E-state index < -0.39 is 0 Å². The second kappa shape index (κ2) is 7.02. The number of amidine groups is 1. The van der Waals surface area contributed by atoms with Crippen LogP contribution in [0.2, 0.25) is 0 Å². The van der Waals surface area contributed by atoms with Gasteiger partial charge in [-0.2, -0.15) is 0 Å². The first-order valence-corrected chi connectivity index (χ1v) is 5.69. The van der Waals surface area contributed by atoms with Crippen molar-refractivity contribution in [2.24, 2.45) is 10.9 Å². The lowest BCUT2D eigenvalue weighted by Gasteiger charge is -2.01. The Bertz CT molecular complexity index is 359. The molecule has 0 fully saturated rings. The summed E-state index contributed by atoms with van der Waals surface area (Å²) in [5.74, 6) is 0.856. The van der Waals surface area contributed by atoms with Crippen LogP contribution in [-0.2, 0) is 4.74 Å². The highest BCUT2D eigenvalue weighted by Crippen LogP contribution is 2.13. The largest absolute Gasteiger partial charge is 0.409 e. The topological polar surface area (TPSA) is 93.6 Å². The third-order valence-corrected chi connectivity index (χ3v) is 2.68. The maximum absolute atomic E-state index is 8.50. The molecule has 1 rings (SSSR count). The van der Waals surface area contributed by atoms with Gasteiger partial charge in [0.25, 0.3) is 0 Å². The number of hydrogen-bond donors (Lipinski definition) is 2. The first-order chi connectivity index (χ1) is 7.77. The zero-order chi connectivity index (χ0) is 11.8. The molecule has 1 heterocycles. The Kier molecular flexibility index (Phi) is 5.58. The van der Waals surface area contributed by atoms with Gasteiger partial charge in [0, 0.05) is 25.7 Å². The lowest BCUT2D eigenvalue weighted by molar-refractivity contribution is 0.200. The molecule has 0 saturated carbocycles. The van der Waals surface area contributed by atoms with Gasteiger partial charge in [0.15, 0.2) is 11.0 Å². The van der Waals surface area contributed by atoms with Crippen LogP contribution in [-0.4, -0.2) is 40.5 Å². The predicted octanol–water partition coefficient (Wildman–Crippen LogP) is 0.700. The number of methoxy groups -OCH3 is 1. The zero-order valence-corrected chi connectivity index (χ0v) is 9.78. The third kappa shape index (κ3) is 4.03. The van der Waals surface area contributed by atoms with Gasteiger partial charge in [-0.05, 0) is 12.5 Å². The summed E-state index contributed by atoms with van der Waals surface area (Å²) < 4.78 is 4.93. The highest BCUT2D eigenvalue weighted by atomic mass is 32.2. The van der Waals surface area contributed by atoms with Crippen LogP contribution < -0.4 is 5.73 Å². The minimum absolute atomic E-state index is 0.0128. The number of nitrogens with zero attached hydrogens (tertiary/aromatic N) is 3. The zero-order valence-electron chi connectivity index (χ0n) is 8.96. The molecule has 88 valence electrons. The van der Waals surface area contributed by atoms with Crippen molar-refractivity contribution in [3.8, 4) is 0 Å². The van der Waals surface area contributed by atoms with Crippen molar-refractivity contribution >= 4 is 17.6 Å². The normalized spacial score (nSPS) is 11.7. The predicted molar refractivity (Wildman–Crippen MR) is 61.8 cm³/mol. The fourth-order valence-corrected chi connectivity index (χ4v) is 1.71. The number of ether oxygens (including phenoxy) is 1. The van der Waals surface area contributed by atoms with Crippen LogP contribution >= 0.6 is 11.8 Å². The summed E-state index contributed by atoms with van der Waals surface area (Å²) >= 11 is 1.51. The molecular weight excluding hydrogens is 228 g/mol. The molecule has 0 aliphatic carbocycles. The maximum atomic E-state index is 8.50. The molecule has 3 N–H and O–H groups in total. The van der Waals surface area contributed by atoms with Gasteiger partial charge in [-0.25, -0.2) is 9.97 Å². The Morgan fingerprint density at radius 1 is 1.69 bits per heavy atom. The van der Waals surface area contributed by atoms with Crippen LogP contribution in [0.4, 0.5) is 0 Å². The average molecular weight is 242 g/mol. The molecule has 0 aliphatic rings. The van der Waals surface area contributed by atoms with Gasteiger partial charge in [-0.3, -0.25) is 0 Å². The summed E-state index contributed by atoms with van der Waals surface area (Å²) in [6.45, 7) is 0.715. The molecule has 0 aliphatic heterocycles. The number of thioether (sulfide) groups is 1. The summed E-state index contributed by atoms with van der Waals surface area (Å²) in [4.78, 5) is 8.21. The molecule has 16 heavy (non-hydrogen) atoms. The molecule has 0 amide bonds. The quantitative estimate of drug-likeness (QED) is 0.145. The van der Waals surface area contributed by atoms with Crippen molar-refractivity contribution < 1.29 is 9.94 Å². The molecule has 0 saturated heterocycles. The van der Waals surface area contributed by atoms with Gasteiger partial charge in [0.2, 0.25) is 0 Å². The van der Waals surface area contributed by atoms with Crippen LogP contribution in [0.1, 0.15) is 12.1 Å². The Labute approximate surface area is 97.9 Å². The Hall–Kier alpha value is -1.34. The molecule has 0 bridgehead atoms. The molecule has 1 aromatic heterocycles. The van der Waals surface area contributed by atoms with Gasteiger partial charge >= 0.3 is 0 Å².